The van der Waals surface area contributed by atoms with Gasteiger partial charge in [0.2, 0.25) is 15.9 Å². The third-order valence-corrected chi connectivity index (χ3v) is 8.18. The lowest BCUT2D eigenvalue weighted by atomic mass is 9.91. The summed E-state index contributed by atoms with van der Waals surface area (Å²) in [6.07, 6.45) is -9.64. The molecule has 40 heavy (non-hydrogen) atoms. The minimum Gasteiger partial charge on any atom is -0.481 e. The summed E-state index contributed by atoms with van der Waals surface area (Å²) in [5, 5.41) is 9.93. The smallest absolute Gasteiger partial charge is 0.430 e. The summed E-state index contributed by atoms with van der Waals surface area (Å²) in [6.45, 7) is -0.169. The molecule has 4 rings (SSSR count). The normalized spacial score (nSPS) is 15.8. The molecule has 3 N–H and O–H groups in total. The number of nitrogens with two attached hydrogens (primary N) is 1. The molecule has 4 heterocycles. The molecule has 3 aromatic heterocycles. The summed E-state index contributed by atoms with van der Waals surface area (Å²) in [5.41, 5.74) is -1.34. The van der Waals surface area contributed by atoms with E-state index in [2.05, 4.69) is 15.0 Å². The van der Waals surface area contributed by atoms with Gasteiger partial charge in [0.15, 0.2) is 0 Å². The Balaban J connectivity index is 1.72. The number of ether oxygens (including phenoxy) is 1. The minimum absolute atomic E-state index is 0.00658. The standard InChI is InChI=1S/C23H22F6N6O4S/c1-39-19-5-2-14(11-32-19)17-10-15(21(36,22(24,25)26)23(27,28)29)12-33-20(17)34-6-8-35(9-7-34)40(37,38)16-3-4-18(30)31-13-16/h2-5,10-13,36H,6-9H2,1H3,(H2,30,31). The van der Waals surface area contributed by atoms with E-state index in [-0.39, 0.29) is 59.7 Å². The van der Waals surface area contributed by atoms with Crippen LogP contribution in [0.15, 0.2) is 53.8 Å². The van der Waals surface area contributed by atoms with Crippen molar-refractivity contribution in [3.8, 4) is 17.0 Å². The van der Waals surface area contributed by atoms with E-state index in [1.54, 1.807) is 0 Å². The van der Waals surface area contributed by atoms with Crippen LogP contribution < -0.4 is 15.4 Å². The molecule has 0 spiro atoms. The zero-order valence-electron chi connectivity index (χ0n) is 20.6. The quantitative estimate of drug-likeness (QED) is 0.415. The second kappa shape index (κ2) is 10.4. The molecule has 0 aromatic carbocycles. The van der Waals surface area contributed by atoms with Crippen molar-refractivity contribution in [1.29, 1.82) is 0 Å². The summed E-state index contributed by atoms with van der Waals surface area (Å²) in [7, 11) is -2.64. The van der Waals surface area contributed by atoms with Gasteiger partial charge in [0.1, 0.15) is 16.5 Å². The molecule has 0 saturated carbocycles. The van der Waals surface area contributed by atoms with Gasteiger partial charge in [-0.1, -0.05) is 0 Å². The molecule has 1 aliphatic heterocycles. The molecule has 10 nitrogen and oxygen atoms in total. The number of halogens is 6. The average Bonchev–Trinajstić information content (AvgIpc) is 2.91. The van der Waals surface area contributed by atoms with Gasteiger partial charge in [-0.05, 0) is 24.3 Å². The first-order valence-electron chi connectivity index (χ1n) is 11.4. The Hall–Kier alpha value is -3.70. The SMILES string of the molecule is COc1ccc(-c2cc(C(O)(C(F)(F)F)C(F)(F)F)cnc2N2CCN(S(=O)(=O)c3ccc(N)nc3)CC2)cn1. The number of methoxy groups -OCH3 is 1. The van der Waals surface area contributed by atoms with E-state index in [4.69, 9.17) is 10.5 Å². The van der Waals surface area contributed by atoms with E-state index >= 15 is 0 Å². The highest BCUT2D eigenvalue weighted by Gasteiger charge is 2.71. The minimum atomic E-state index is -6.11. The van der Waals surface area contributed by atoms with Crippen molar-refractivity contribution in [2.24, 2.45) is 0 Å². The summed E-state index contributed by atoms with van der Waals surface area (Å²) >= 11 is 0. The Morgan fingerprint density at radius 2 is 1.55 bits per heavy atom. The predicted octanol–water partition coefficient (Wildman–Crippen LogP) is 2.95. The van der Waals surface area contributed by atoms with Crippen LogP contribution in [0.5, 0.6) is 5.88 Å². The Labute approximate surface area is 224 Å². The van der Waals surface area contributed by atoms with E-state index in [0.717, 1.165) is 16.7 Å². The lowest BCUT2D eigenvalue weighted by molar-refractivity contribution is -0.376. The molecule has 0 unspecified atom stereocenters. The number of pyridine rings is 3. The van der Waals surface area contributed by atoms with E-state index in [9.17, 15) is 39.9 Å². The summed E-state index contributed by atoms with van der Waals surface area (Å²) in [5.74, 6) is 0.225. The lowest BCUT2D eigenvalue weighted by Gasteiger charge is -2.36. The maximum atomic E-state index is 13.6. The summed E-state index contributed by atoms with van der Waals surface area (Å²) in [6, 6.07) is 5.87. The van der Waals surface area contributed by atoms with Crippen molar-refractivity contribution in [2.75, 3.05) is 43.9 Å². The zero-order chi connectivity index (χ0) is 29.5. The number of aliphatic hydroxyl groups is 1. The highest BCUT2D eigenvalue weighted by Crippen LogP contribution is 2.51. The van der Waals surface area contributed by atoms with Gasteiger partial charge in [-0.2, -0.15) is 30.6 Å². The number of nitrogens with zero attached hydrogens (tertiary/aromatic N) is 5. The van der Waals surface area contributed by atoms with Crippen molar-refractivity contribution in [3.63, 3.8) is 0 Å². The van der Waals surface area contributed by atoms with Crippen LogP contribution in [0.1, 0.15) is 5.56 Å². The van der Waals surface area contributed by atoms with Crippen LogP contribution in [0, 0.1) is 0 Å². The second-order valence-electron chi connectivity index (χ2n) is 8.70. The van der Waals surface area contributed by atoms with Crippen molar-refractivity contribution < 1.29 is 44.6 Å². The van der Waals surface area contributed by atoms with Crippen LogP contribution in [0.2, 0.25) is 0 Å². The Bertz CT molecular complexity index is 1450. The largest absolute Gasteiger partial charge is 0.481 e. The fourth-order valence-corrected chi connectivity index (χ4v) is 5.47. The van der Waals surface area contributed by atoms with Gasteiger partial charge >= 0.3 is 12.4 Å². The van der Waals surface area contributed by atoms with Crippen LogP contribution in [0.3, 0.4) is 0 Å². The Morgan fingerprint density at radius 3 is 2.05 bits per heavy atom. The van der Waals surface area contributed by atoms with Gasteiger partial charge in [-0.25, -0.2) is 23.4 Å². The Kier molecular flexibility index (Phi) is 7.59. The third-order valence-electron chi connectivity index (χ3n) is 6.30. The molecule has 0 bridgehead atoms. The van der Waals surface area contributed by atoms with Crippen LogP contribution >= 0.6 is 0 Å². The molecule has 1 saturated heterocycles. The van der Waals surface area contributed by atoms with E-state index in [0.29, 0.717) is 12.3 Å². The molecular weight excluding hydrogens is 570 g/mol. The Morgan fingerprint density at radius 1 is 0.900 bits per heavy atom. The van der Waals surface area contributed by atoms with E-state index < -0.39 is 33.5 Å². The van der Waals surface area contributed by atoms with Gasteiger partial charge in [-0.15, -0.1) is 0 Å². The summed E-state index contributed by atoms with van der Waals surface area (Å²) < 4.78 is 114. The van der Waals surface area contributed by atoms with Crippen molar-refractivity contribution in [1.82, 2.24) is 19.3 Å². The fraction of sp³-hybridized carbons (Fsp3) is 0.348. The van der Waals surface area contributed by atoms with E-state index in [1.807, 2.05) is 0 Å². The van der Waals surface area contributed by atoms with Gasteiger partial charge < -0.3 is 20.5 Å². The number of anilines is 2. The van der Waals surface area contributed by atoms with Crippen molar-refractivity contribution >= 4 is 21.7 Å². The van der Waals surface area contributed by atoms with Crippen molar-refractivity contribution in [2.45, 2.75) is 22.8 Å². The molecule has 0 amide bonds. The highest BCUT2D eigenvalue weighted by atomic mass is 32.2. The first-order chi connectivity index (χ1) is 18.6. The molecular formula is C23H22F6N6O4S. The van der Waals surface area contributed by atoms with Gasteiger partial charge in [0.05, 0.1) is 7.11 Å². The summed E-state index contributed by atoms with van der Waals surface area (Å²) in [4.78, 5) is 13.0. The average molecular weight is 593 g/mol. The number of nitrogen functional groups attached to an aromatic ring is 1. The second-order valence-corrected chi connectivity index (χ2v) is 10.6. The molecule has 216 valence electrons. The number of hydrogen-bond donors (Lipinski definition) is 2. The van der Waals surface area contributed by atoms with E-state index in [1.165, 1.54) is 36.3 Å². The topological polar surface area (TPSA) is 135 Å². The predicted molar refractivity (Wildman–Crippen MR) is 130 cm³/mol. The number of piperazine rings is 1. The fourth-order valence-electron chi connectivity index (χ4n) is 4.10. The lowest BCUT2D eigenvalue weighted by Crippen LogP contribution is -2.54. The molecule has 17 heteroatoms. The maximum Gasteiger partial charge on any atom is 0.430 e. The van der Waals surface area contributed by atoms with Gasteiger partial charge in [-0.3, -0.25) is 0 Å². The van der Waals surface area contributed by atoms with Crippen LogP contribution in [-0.2, 0) is 15.6 Å². The highest BCUT2D eigenvalue weighted by molar-refractivity contribution is 7.89. The first kappa shape index (κ1) is 29.3. The third kappa shape index (κ3) is 5.23. The van der Waals surface area contributed by atoms with Gasteiger partial charge in [0.25, 0.3) is 5.60 Å². The number of aromatic nitrogens is 3. The number of alkyl halides is 6. The van der Waals surface area contributed by atoms with Crippen LogP contribution in [-0.4, -0.2) is 78.4 Å². The number of rotatable bonds is 6. The monoisotopic (exact) mass is 592 g/mol. The maximum absolute atomic E-state index is 13.6. The zero-order valence-corrected chi connectivity index (χ0v) is 21.4. The van der Waals surface area contributed by atoms with Crippen molar-refractivity contribution in [3.05, 3.63) is 54.5 Å². The number of sulfonamides is 1. The van der Waals surface area contributed by atoms with Gasteiger partial charge in [0, 0.05) is 67.5 Å². The molecule has 0 aliphatic carbocycles. The molecule has 3 aromatic rings. The molecule has 1 fully saturated rings. The number of hydrogen-bond acceptors (Lipinski definition) is 9. The van der Waals surface area contributed by atoms with Crippen LogP contribution in [0.25, 0.3) is 11.1 Å². The molecule has 0 radical (unpaired) electrons. The molecule has 0 atom stereocenters. The first-order valence-corrected chi connectivity index (χ1v) is 12.9. The van der Waals surface area contributed by atoms with Crippen LogP contribution in [0.4, 0.5) is 38.0 Å². The molecule has 1 aliphatic rings.